The van der Waals surface area contributed by atoms with Gasteiger partial charge in [0.2, 0.25) is 0 Å². The van der Waals surface area contributed by atoms with Crippen LogP contribution in [-0.2, 0) is 16.8 Å². The molecule has 0 atom stereocenters. The minimum atomic E-state index is -2.00. The Morgan fingerprint density at radius 2 is 0.976 bits per heavy atom. The van der Waals surface area contributed by atoms with Crippen LogP contribution >= 0.6 is 0 Å². The van der Waals surface area contributed by atoms with E-state index in [9.17, 15) is 35.2 Å². The van der Waals surface area contributed by atoms with E-state index >= 15 is 0 Å². The molecule has 0 fully saturated rings. The van der Waals surface area contributed by atoms with Gasteiger partial charge in [-0.15, -0.1) is 0 Å². The summed E-state index contributed by atoms with van der Waals surface area (Å²) in [6.07, 6.45) is 7.07. The number of carboxylic acids is 1. The number of carbonyl (C=O) groups is 1. The van der Waals surface area contributed by atoms with Crippen molar-refractivity contribution in [2.45, 2.75) is 0 Å². The van der Waals surface area contributed by atoms with Crippen molar-refractivity contribution in [1.82, 2.24) is 19.9 Å². The van der Waals surface area contributed by atoms with Crippen LogP contribution in [0.25, 0.3) is 22.8 Å². The van der Waals surface area contributed by atoms with E-state index in [1.807, 2.05) is 72.8 Å². The average Bonchev–Trinajstić information content (AvgIpc) is 2.99. The first-order valence-corrected chi connectivity index (χ1v) is 11.3. The van der Waals surface area contributed by atoms with Gasteiger partial charge in [0.1, 0.15) is 0 Å². The molecule has 0 spiro atoms. The molecule has 13 nitrogen and oxygen atoms in total. The smallest absolute Gasteiger partial charge is 0.867 e. The number of rotatable bonds is 5. The van der Waals surface area contributed by atoms with E-state index in [1.54, 1.807) is 24.8 Å². The number of pyridine rings is 4. The third-order valence-electron chi connectivity index (χ3n) is 4.87. The van der Waals surface area contributed by atoms with Crippen LogP contribution in [0.4, 0.5) is 11.4 Å². The molecule has 5 aromatic rings. The third-order valence-corrected chi connectivity index (χ3v) is 4.87. The van der Waals surface area contributed by atoms with Crippen LogP contribution in [0, 0.1) is 20.2 Å². The molecule has 207 valence electrons. The minimum absolute atomic E-state index is 0. The number of hydrogen-bond acceptors (Lipinski definition) is 11. The van der Waals surface area contributed by atoms with Gasteiger partial charge in [-0.05, 0) is 54.3 Å². The van der Waals surface area contributed by atoms with Gasteiger partial charge in [-0.1, -0.05) is 24.3 Å². The predicted molar refractivity (Wildman–Crippen MR) is 138 cm³/mol. The van der Waals surface area contributed by atoms with E-state index < -0.39 is 38.5 Å². The number of aromatic carboxylic acids is 1. The molecule has 0 saturated carbocycles. The number of aromatic nitrogens is 4. The van der Waals surface area contributed by atoms with Gasteiger partial charge in [0.25, 0.3) is 11.4 Å². The third kappa shape index (κ3) is 9.27. The monoisotopic (exact) mass is 597 g/mol. The molecule has 4 heterocycles. The van der Waals surface area contributed by atoms with E-state index in [-0.39, 0.29) is 16.8 Å². The Hall–Kier alpha value is -5.60. The van der Waals surface area contributed by atoms with Gasteiger partial charge in [0.15, 0.2) is 0 Å². The molecule has 1 aromatic carbocycles. The Morgan fingerprint density at radius 3 is 1.22 bits per heavy atom. The number of carboxylic acid groups (broad SMARTS) is 1. The molecule has 0 aliphatic heterocycles. The zero-order chi connectivity index (χ0) is 28.9. The topological polar surface area (TPSA) is 201 Å². The zero-order valence-electron chi connectivity index (χ0n) is 20.8. The molecule has 0 N–H and O–H groups in total. The summed E-state index contributed by atoms with van der Waals surface area (Å²) in [5.74, 6) is -3.42. The van der Waals surface area contributed by atoms with Gasteiger partial charge in [-0.2, -0.15) is 0 Å². The van der Waals surface area contributed by atoms with Crippen molar-refractivity contribution >= 4 is 17.3 Å². The second-order valence-corrected chi connectivity index (χ2v) is 7.50. The van der Waals surface area contributed by atoms with Crippen molar-refractivity contribution in [2.75, 3.05) is 0 Å². The standard InChI is InChI=1S/2C10H8N2.C7H4N2O7.Co/c2*1-3-7-11-9(5-1)10-6-2-4-8-12-10;10-6-4(7(11)12)1-3(8(13)14)2-5(6)9(15)16;/h2*1-8H;1-2,10H,(H,11,12);/q;;;+2/p-2. The summed E-state index contributed by atoms with van der Waals surface area (Å²) in [4.78, 5) is 45.6. The summed E-state index contributed by atoms with van der Waals surface area (Å²) in [6, 6.07) is 24.0. The molecule has 0 aliphatic carbocycles. The van der Waals surface area contributed by atoms with Crippen LogP contribution in [0.2, 0.25) is 0 Å². The Morgan fingerprint density at radius 1 is 0.610 bits per heavy atom. The molecule has 0 unspecified atom stereocenters. The molecule has 14 heteroatoms. The molecule has 0 aliphatic rings. The van der Waals surface area contributed by atoms with Crippen molar-refractivity contribution in [3.63, 3.8) is 0 Å². The number of nitrogens with zero attached hydrogens (tertiary/aromatic N) is 6. The number of benzene rings is 1. The summed E-state index contributed by atoms with van der Waals surface area (Å²) < 4.78 is 0. The van der Waals surface area contributed by atoms with E-state index in [4.69, 9.17) is 0 Å². The van der Waals surface area contributed by atoms with Crippen LogP contribution < -0.4 is 10.2 Å². The molecular formula is C27H18CoN6O7. The summed E-state index contributed by atoms with van der Waals surface area (Å²) >= 11 is 0. The molecule has 0 saturated heterocycles. The van der Waals surface area contributed by atoms with Crippen LogP contribution in [-0.4, -0.2) is 35.8 Å². The van der Waals surface area contributed by atoms with Crippen molar-refractivity contribution < 1.29 is 41.6 Å². The van der Waals surface area contributed by atoms with Crippen LogP contribution in [0.5, 0.6) is 5.75 Å². The second-order valence-electron chi connectivity index (χ2n) is 7.50. The molecule has 4 aromatic heterocycles. The first kappa shape index (κ1) is 31.6. The molecule has 41 heavy (non-hydrogen) atoms. The maximum absolute atomic E-state index is 11.1. The van der Waals surface area contributed by atoms with Gasteiger partial charge < -0.3 is 15.0 Å². The van der Waals surface area contributed by atoms with Gasteiger partial charge in [0, 0.05) is 36.4 Å². The molecule has 1 radical (unpaired) electrons. The Bertz CT molecular complexity index is 1390. The van der Waals surface area contributed by atoms with Crippen LogP contribution in [0.15, 0.2) is 110 Å². The number of hydrogen-bond donors (Lipinski definition) is 0. The molecule has 0 amide bonds. The number of non-ortho nitro benzene ring substituents is 1. The summed E-state index contributed by atoms with van der Waals surface area (Å²) in [6.45, 7) is 0. The van der Waals surface area contributed by atoms with E-state index in [0.29, 0.717) is 12.1 Å². The van der Waals surface area contributed by atoms with Crippen molar-refractivity contribution in [2.24, 2.45) is 0 Å². The average molecular weight is 597 g/mol. The zero-order valence-corrected chi connectivity index (χ0v) is 21.8. The maximum Gasteiger partial charge on any atom is 2.00 e. The van der Waals surface area contributed by atoms with E-state index in [1.165, 1.54) is 0 Å². The van der Waals surface area contributed by atoms with Crippen LogP contribution in [0.3, 0.4) is 0 Å². The number of nitro benzene ring substituents is 2. The number of carbonyl (C=O) groups excluding carboxylic acids is 1. The summed E-state index contributed by atoms with van der Waals surface area (Å²) in [7, 11) is 0. The fourth-order valence-electron chi connectivity index (χ4n) is 3.05. The number of nitro groups is 2. The van der Waals surface area contributed by atoms with E-state index in [0.717, 1.165) is 22.8 Å². The molecule has 0 bridgehead atoms. The predicted octanol–water partition coefficient (Wildman–Crippen LogP) is 3.22. The minimum Gasteiger partial charge on any atom is -0.867 e. The van der Waals surface area contributed by atoms with Gasteiger partial charge in [-0.3, -0.25) is 40.2 Å². The van der Waals surface area contributed by atoms with Crippen molar-refractivity contribution in [1.29, 1.82) is 0 Å². The second kappa shape index (κ2) is 15.7. The fourth-order valence-corrected chi connectivity index (χ4v) is 3.05. The van der Waals surface area contributed by atoms with Gasteiger partial charge in [-0.25, -0.2) is 0 Å². The quantitative estimate of drug-likeness (QED) is 0.213. The fraction of sp³-hybridized carbons (Fsp3) is 0. The van der Waals surface area contributed by atoms with Gasteiger partial charge >= 0.3 is 16.8 Å². The molecule has 5 rings (SSSR count). The first-order chi connectivity index (χ1) is 19.3. The van der Waals surface area contributed by atoms with Crippen LogP contribution in [0.1, 0.15) is 10.4 Å². The Kier molecular flexibility index (Phi) is 12.1. The van der Waals surface area contributed by atoms with Gasteiger partial charge in [0.05, 0.1) is 44.7 Å². The molecular weight excluding hydrogens is 579 g/mol. The largest absolute Gasteiger partial charge is 2.00 e. The van der Waals surface area contributed by atoms with E-state index in [2.05, 4.69) is 19.9 Å². The SMILES string of the molecule is O=C([O-])c1cc([N+](=O)[O-])cc([N+](=O)[O-])c1[O-].[Co+2].c1ccc(-c2ccccn2)nc1.c1ccc(-c2ccccn2)nc1. The Balaban J connectivity index is 0.000000215. The Labute approximate surface area is 242 Å². The maximum atomic E-state index is 11.1. The summed E-state index contributed by atoms with van der Waals surface area (Å²) in [5, 5.41) is 42.2. The van der Waals surface area contributed by atoms with Crippen molar-refractivity contribution in [3.05, 3.63) is 136 Å². The normalized spacial score (nSPS) is 9.46. The summed E-state index contributed by atoms with van der Waals surface area (Å²) in [5.41, 5.74) is 0.521. The van der Waals surface area contributed by atoms with Crippen molar-refractivity contribution in [3.8, 4) is 28.5 Å². The first-order valence-electron chi connectivity index (χ1n) is 11.3.